The van der Waals surface area contributed by atoms with Gasteiger partial charge in [-0.05, 0) is 37.1 Å². The van der Waals surface area contributed by atoms with Crippen LogP contribution >= 0.6 is 11.6 Å². The van der Waals surface area contributed by atoms with Gasteiger partial charge in [0.05, 0.1) is 11.2 Å². The second-order valence-corrected chi connectivity index (χ2v) is 4.84. The number of fused-ring (bicyclic) bond motifs is 1. The van der Waals surface area contributed by atoms with E-state index >= 15 is 0 Å². The first kappa shape index (κ1) is 12.1. The lowest BCUT2D eigenvalue weighted by molar-refractivity contribution is 0.997. The van der Waals surface area contributed by atoms with Gasteiger partial charge in [0.1, 0.15) is 5.69 Å². The van der Waals surface area contributed by atoms with Crippen molar-refractivity contribution in [3.05, 3.63) is 52.7 Å². The van der Waals surface area contributed by atoms with Crippen LogP contribution < -0.4 is 0 Å². The molecular formula is C15H12ClN3. The van der Waals surface area contributed by atoms with Crippen molar-refractivity contribution in [1.29, 1.82) is 0 Å². The maximum absolute atomic E-state index is 5.97. The summed E-state index contributed by atoms with van der Waals surface area (Å²) in [6.07, 6.45) is 0. The first-order chi connectivity index (χ1) is 9.16. The van der Waals surface area contributed by atoms with Crippen LogP contribution in [-0.2, 0) is 0 Å². The summed E-state index contributed by atoms with van der Waals surface area (Å²) in [5.41, 5.74) is 4.52. The smallest absolute Gasteiger partial charge is 0.154 e. The summed E-state index contributed by atoms with van der Waals surface area (Å²) in [5.74, 6) is 0. The lowest BCUT2D eigenvalue weighted by atomic mass is 10.1. The maximum Gasteiger partial charge on any atom is 0.154 e. The Balaban J connectivity index is 2.22. The normalized spacial score (nSPS) is 10.9. The number of pyridine rings is 1. The molecular weight excluding hydrogens is 258 g/mol. The van der Waals surface area contributed by atoms with E-state index in [1.54, 1.807) is 0 Å². The topological polar surface area (TPSA) is 38.7 Å². The highest BCUT2D eigenvalue weighted by molar-refractivity contribution is 6.30. The van der Waals surface area contributed by atoms with E-state index in [0.717, 1.165) is 33.4 Å². The van der Waals surface area contributed by atoms with E-state index in [0.29, 0.717) is 5.15 Å². The van der Waals surface area contributed by atoms with Crippen LogP contribution in [0.2, 0.25) is 5.15 Å². The summed E-state index contributed by atoms with van der Waals surface area (Å²) in [4.78, 5) is 4.63. The SMILES string of the molecule is Cc1c(Cl)nnc(-c2ccc3ccccc3n2)c1C. The molecule has 0 atom stereocenters. The number of benzene rings is 1. The summed E-state index contributed by atoms with van der Waals surface area (Å²) >= 11 is 5.97. The molecule has 0 saturated carbocycles. The van der Waals surface area contributed by atoms with Crippen molar-refractivity contribution in [2.24, 2.45) is 0 Å². The molecule has 0 bridgehead atoms. The second kappa shape index (κ2) is 4.59. The van der Waals surface area contributed by atoms with Crippen LogP contribution in [0.3, 0.4) is 0 Å². The van der Waals surface area contributed by atoms with E-state index in [9.17, 15) is 0 Å². The summed E-state index contributed by atoms with van der Waals surface area (Å²) < 4.78 is 0. The average Bonchev–Trinajstić information content (AvgIpc) is 2.44. The van der Waals surface area contributed by atoms with Gasteiger partial charge in [-0.3, -0.25) is 0 Å². The molecule has 2 heterocycles. The number of halogens is 1. The minimum atomic E-state index is 0.446. The Bertz CT molecular complexity index is 768. The molecule has 1 aromatic carbocycles. The molecule has 0 unspecified atom stereocenters. The molecule has 0 amide bonds. The van der Waals surface area contributed by atoms with Crippen molar-refractivity contribution < 1.29 is 0 Å². The molecule has 3 aromatic rings. The molecule has 0 aliphatic carbocycles. The van der Waals surface area contributed by atoms with Gasteiger partial charge in [0, 0.05) is 5.39 Å². The van der Waals surface area contributed by atoms with Gasteiger partial charge in [0.2, 0.25) is 0 Å². The van der Waals surface area contributed by atoms with E-state index in [1.807, 2.05) is 50.2 Å². The van der Waals surface area contributed by atoms with Crippen molar-refractivity contribution in [1.82, 2.24) is 15.2 Å². The third-order valence-corrected chi connectivity index (χ3v) is 3.67. The molecule has 0 N–H and O–H groups in total. The number of aromatic nitrogens is 3. The van der Waals surface area contributed by atoms with E-state index < -0.39 is 0 Å². The summed E-state index contributed by atoms with van der Waals surface area (Å²) in [7, 11) is 0. The molecule has 0 fully saturated rings. The third kappa shape index (κ3) is 2.06. The highest BCUT2D eigenvalue weighted by Crippen LogP contribution is 2.25. The van der Waals surface area contributed by atoms with E-state index in [1.165, 1.54) is 0 Å². The Morgan fingerprint density at radius 1 is 0.895 bits per heavy atom. The zero-order valence-electron chi connectivity index (χ0n) is 10.7. The van der Waals surface area contributed by atoms with E-state index in [2.05, 4.69) is 15.2 Å². The monoisotopic (exact) mass is 269 g/mol. The van der Waals surface area contributed by atoms with Crippen LogP contribution in [-0.4, -0.2) is 15.2 Å². The standard InChI is InChI=1S/C15H12ClN3/c1-9-10(2)15(16)19-18-14(9)13-8-7-11-5-3-4-6-12(11)17-13/h3-8H,1-2H3. The van der Waals surface area contributed by atoms with Gasteiger partial charge >= 0.3 is 0 Å². The van der Waals surface area contributed by atoms with Gasteiger partial charge in [0.25, 0.3) is 0 Å². The summed E-state index contributed by atoms with van der Waals surface area (Å²) in [6.45, 7) is 3.93. The fourth-order valence-electron chi connectivity index (χ4n) is 2.02. The molecule has 0 aliphatic heterocycles. The van der Waals surface area contributed by atoms with Crippen molar-refractivity contribution >= 4 is 22.5 Å². The highest BCUT2D eigenvalue weighted by atomic mass is 35.5. The number of hydrogen-bond donors (Lipinski definition) is 0. The van der Waals surface area contributed by atoms with Gasteiger partial charge in [-0.2, -0.15) is 0 Å². The molecule has 0 radical (unpaired) electrons. The minimum absolute atomic E-state index is 0.446. The van der Waals surface area contributed by atoms with Crippen LogP contribution in [0, 0.1) is 13.8 Å². The molecule has 19 heavy (non-hydrogen) atoms. The molecule has 94 valence electrons. The Morgan fingerprint density at radius 3 is 2.53 bits per heavy atom. The predicted octanol–water partition coefficient (Wildman–Crippen LogP) is 3.96. The molecule has 0 aliphatic rings. The molecule has 0 saturated heterocycles. The Labute approximate surface area is 116 Å². The van der Waals surface area contributed by atoms with Crippen LogP contribution in [0.15, 0.2) is 36.4 Å². The van der Waals surface area contributed by atoms with Gasteiger partial charge in [-0.15, -0.1) is 10.2 Å². The maximum atomic E-state index is 5.97. The van der Waals surface area contributed by atoms with Crippen molar-refractivity contribution in [2.45, 2.75) is 13.8 Å². The van der Waals surface area contributed by atoms with Crippen LogP contribution in [0.5, 0.6) is 0 Å². The number of hydrogen-bond acceptors (Lipinski definition) is 3. The largest absolute Gasteiger partial charge is 0.246 e. The highest BCUT2D eigenvalue weighted by Gasteiger charge is 2.11. The van der Waals surface area contributed by atoms with E-state index in [-0.39, 0.29) is 0 Å². The molecule has 2 aromatic heterocycles. The number of nitrogens with zero attached hydrogens (tertiary/aromatic N) is 3. The first-order valence-corrected chi connectivity index (χ1v) is 6.40. The zero-order chi connectivity index (χ0) is 13.4. The Hall–Kier alpha value is -2.00. The summed E-state index contributed by atoms with van der Waals surface area (Å²) in [5, 5.41) is 9.70. The number of para-hydroxylation sites is 1. The van der Waals surface area contributed by atoms with Gasteiger partial charge in [-0.1, -0.05) is 35.9 Å². The predicted molar refractivity (Wildman–Crippen MR) is 77.3 cm³/mol. The summed E-state index contributed by atoms with van der Waals surface area (Å²) in [6, 6.07) is 12.0. The van der Waals surface area contributed by atoms with Crippen molar-refractivity contribution in [3.63, 3.8) is 0 Å². The van der Waals surface area contributed by atoms with Crippen molar-refractivity contribution in [3.8, 4) is 11.4 Å². The van der Waals surface area contributed by atoms with Gasteiger partial charge in [0.15, 0.2) is 5.15 Å². The molecule has 3 rings (SSSR count). The fraction of sp³-hybridized carbons (Fsp3) is 0.133. The second-order valence-electron chi connectivity index (χ2n) is 4.48. The first-order valence-electron chi connectivity index (χ1n) is 6.02. The lowest BCUT2D eigenvalue weighted by Gasteiger charge is -2.08. The average molecular weight is 270 g/mol. The van der Waals surface area contributed by atoms with Crippen LogP contribution in [0.4, 0.5) is 0 Å². The van der Waals surface area contributed by atoms with Crippen LogP contribution in [0.25, 0.3) is 22.3 Å². The van der Waals surface area contributed by atoms with E-state index in [4.69, 9.17) is 11.6 Å². The molecule has 3 nitrogen and oxygen atoms in total. The molecule has 4 heteroatoms. The fourth-order valence-corrected chi connectivity index (χ4v) is 2.20. The minimum Gasteiger partial charge on any atom is -0.246 e. The van der Waals surface area contributed by atoms with Crippen LogP contribution in [0.1, 0.15) is 11.1 Å². The molecule has 0 spiro atoms. The number of rotatable bonds is 1. The van der Waals surface area contributed by atoms with Gasteiger partial charge < -0.3 is 0 Å². The quantitative estimate of drug-likeness (QED) is 0.671. The van der Waals surface area contributed by atoms with Gasteiger partial charge in [-0.25, -0.2) is 4.98 Å². The Kier molecular flexibility index (Phi) is 2.91. The lowest BCUT2D eigenvalue weighted by Crippen LogP contribution is -1.98. The zero-order valence-corrected chi connectivity index (χ0v) is 11.4. The third-order valence-electron chi connectivity index (χ3n) is 3.31. The van der Waals surface area contributed by atoms with Crippen molar-refractivity contribution in [2.75, 3.05) is 0 Å². The Morgan fingerprint density at radius 2 is 1.68 bits per heavy atom.